The number of aryl methyl sites for hydroxylation is 1. The standard InChI is InChI=1S/C15H15F3N2/c1-11-7-8-14(15(16,17)18)12(9-11)10-19-20-13-5-3-2-4-6-13/h2-9,19-20H,10H2,1H3. The van der Waals surface area contributed by atoms with Gasteiger partial charge in [-0.1, -0.05) is 35.9 Å². The quantitative estimate of drug-likeness (QED) is 0.823. The summed E-state index contributed by atoms with van der Waals surface area (Å²) in [4.78, 5) is 0. The number of halogens is 3. The number of hydrazine groups is 1. The number of nitrogens with one attached hydrogen (secondary N) is 2. The summed E-state index contributed by atoms with van der Waals surface area (Å²) >= 11 is 0. The minimum atomic E-state index is -4.34. The van der Waals surface area contributed by atoms with Crippen molar-refractivity contribution in [3.63, 3.8) is 0 Å². The zero-order valence-electron chi connectivity index (χ0n) is 11.0. The predicted octanol–water partition coefficient (Wildman–Crippen LogP) is 4.13. The zero-order valence-corrected chi connectivity index (χ0v) is 11.0. The van der Waals surface area contributed by atoms with Crippen molar-refractivity contribution in [2.75, 3.05) is 5.43 Å². The van der Waals surface area contributed by atoms with Gasteiger partial charge in [0.1, 0.15) is 0 Å². The van der Waals surface area contributed by atoms with Gasteiger partial charge < -0.3 is 5.43 Å². The van der Waals surface area contributed by atoms with Gasteiger partial charge in [0, 0.05) is 12.2 Å². The summed E-state index contributed by atoms with van der Waals surface area (Å²) in [5.74, 6) is 0. The molecule has 2 rings (SSSR count). The average molecular weight is 280 g/mol. The van der Waals surface area contributed by atoms with Crippen molar-refractivity contribution in [2.24, 2.45) is 0 Å². The maximum Gasteiger partial charge on any atom is 0.416 e. The molecular formula is C15H15F3N2. The molecule has 0 unspecified atom stereocenters. The van der Waals surface area contributed by atoms with Crippen LogP contribution in [0.15, 0.2) is 48.5 Å². The van der Waals surface area contributed by atoms with Gasteiger partial charge in [-0.3, -0.25) is 0 Å². The largest absolute Gasteiger partial charge is 0.416 e. The van der Waals surface area contributed by atoms with E-state index in [1.54, 1.807) is 13.0 Å². The van der Waals surface area contributed by atoms with Crippen LogP contribution in [0.3, 0.4) is 0 Å². The SMILES string of the molecule is Cc1ccc(C(F)(F)F)c(CNNc2ccccc2)c1. The molecule has 0 radical (unpaired) electrons. The maximum absolute atomic E-state index is 12.9. The fourth-order valence-electron chi connectivity index (χ4n) is 1.91. The van der Waals surface area contributed by atoms with E-state index in [4.69, 9.17) is 0 Å². The monoisotopic (exact) mass is 280 g/mol. The summed E-state index contributed by atoms with van der Waals surface area (Å²) in [7, 11) is 0. The molecule has 0 spiro atoms. The van der Waals surface area contributed by atoms with Gasteiger partial charge in [-0.05, 0) is 30.7 Å². The van der Waals surface area contributed by atoms with Crippen molar-refractivity contribution >= 4 is 5.69 Å². The summed E-state index contributed by atoms with van der Waals surface area (Å²) in [6, 6.07) is 13.3. The summed E-state index contributed by atoms with van der Waals surface area (Å²) in [6.45, 7) is 1.86. The molecule has 0 saturated heterocycles. The average Bonchev–Trinajstić information content (AvgIpc) is 2.38. The molecule has 2 N–H and O–H groups in total. The molecule has 2 nitrogen and oxygen atoms in total. The van der Waals surface area contributed by atoms with Crippen molar-refractivity contribution in [3.05, 3.63) is 65.2 Å². The lowest BCUT2D eigenvalue weighted by Gasteiger charge is -2.15. The molecular weight excluding hydrogens is 265 g/mol. The van der Waals surface area contributed by atoms with Gasteiger partial charge in [0.15, 0.2) is 0 Å². The Kier molecular flexibility index (Phi) is 4.29. The first-order chi connectivity index (χ1) is 9.47. The van der Waals surface area contributed by atoms with Crippen LogP contribution >= 0.6 is 0 Å². The van der Waals surface area contributed by atoms with Crippen molar-refractivity contribution in [1.82, 2.24) is 5.43 Å². The third-order valence-corrected chi connectivity index (χ3v) is 2.85. The summed E-state index contributed by atoms with van der Waals surface area (Å²) < 4.78 is 38.6. The third-order valence-electron chi connectivity index (χ3n) is 2.85. The molecule has 0 aromatic heterocycles. The second-order valence-corrected chi connectivity index (χ2v) is 4.50. The van der Waals surface area contributed by atoms with Crippen LogP contribution < -0.4 is 10.9 Å². The molecule has 0 aliphatic carbocycles. The summed E-state index contributed by atoms with van der Waals surface area (Å²) in [6.07, 6.45) is -4.34. The fraction of sp³-hybridized carbons (Fsp3) is 0.200. The van der Waals surface area contributed by atoms with Crippen LogP contribution in [0.2, 0.25) is 0 Å². The molecule has 0 aliphatic heterocycles. The molecule has 20 heavy (non-hydrogen) atoms. The number of rotatable bonds is 4. The van der Waals surface area contributed by atoms with Crippen LogP contribution in [0.5, 0.6) is 0 Å². The molecule has 0 atom stereocenters. The number of hydrogen-bond acceptors (Lipinski definition) is 2. The smallest absolute Gasteiger partial charge is 0.321 e. The molecule has 0 fully saturated rings. The second kappa shape index (κ2) is 5.96. The molecule has 0 aliphatic rings. The molecule has 0 heterocycles. The molecule has 0 bridgehead atoms. The predicted molar refractivity (Wildman–Crippen MR) is 73.1 cm³/mol. The Bertz CT molecular complexity index is 565. The lowest BCUT2D eigenvalue weighted by Crippen LogP contribution is -2.23. The topological polar surface area (TPSA) is 24.1 Å². The summed E-state index contributed by atoms with van der Waals surface area (Å²) in [5, 5.41) is 0. The highest BCUT2D eigenvalue weighted by atomic mass is 19.4. The maximum atomic E-state index is 12.9. The van der Waals surface area contributed by atoms with Gasteiger partial charge in [0.05, 0.1) is 5.56 Å². The van der Waals surface area contributed by atoms with E-state index in [2.05, 4.69) is 10.9 Å². The van der Waals surface area contributed by atoms with Crippen molar-refractivity contribution < 1.29 is 13.2 Å². The molecule has 2 aromatic rings. The van der Waals surface area contributed by atoms with Gasteiger partial charge in [0.2, 0.25) is 0 Å². The Morgan fingerprint density at radius 1 is 1.00 bits per heavy atom. The third kappa shape index (κ3) is 3.74. The van der Waals surface area contributed by atoms with Crippen LogP contribution in [0.4, 0.5) is 18.9 Å². The summed E-state index contributed by atoms with van der Waals surface area (Å²) in [5.41, 5.74) is 6.90. The Morgan fingerprint density at radius 2 is 1.70 bits per heavy atom. The Morgan fingerprint density at radius 3 is 2.35 bits per heavy atom. The number of benzene rings is 2. The zero-order chi connectivity index (χ0) is 14.6. The molecule has 0 amide bonds. The first kappa shape index (κ1) is 14.4. The number of anilines is 1. The van der Waals surface area contributed by atoms with Gasteiger partial charge in [-0.25, -0.2) is 5.43 Å². The number of hydrogen-bond donors (Lipinski definition) is 2. The van der Waals surface area contributed by atoms with Crippen LogP contribution in [-0.2, 0) is 12.7 Å². The van der Waals surface area contributed by atoms with E-state index in [9.17, 15) is 13.2 Å². The number of para-hydroxylation sites is 1. The number of alkyl halides is 3. The van der Waals surface area contributed by atoms with E-state index in [1.807, 2.05) is 30.3 Å². The normalized spacial score (nSPS) is 11.4. The highest BCUT2D eigenvalue weighted by Crippen LogP contribution is 2.32. The van der Waals surface area contributed by atoms with Crippen LogP contribution in [-0.4, -0.2) is 0 Å². The fourth-order valence-corrected chi connectivity index (χ4v) is 1.91. The van der Waals surface area contributed by atoms with Crippen molar-refractivity contribution in [1.29, 1.82) is 0 Å². The highest BCUT2D eigenvalue weighted by molar-refractivity contribution is 5.41. The molecule has 0 saturated carbocycles. The first-order valence-corrected chi connectivity index (χ1v) is 6.17. The van der Waals surface area contributed by atoms with Crippen LogP contribution in [0.1, 0.15) is 16.7 Å². The van der Waals surface area contributed by atoms with Gasteiger partial charge in [0.25, 0.3) is 0 Å². The van der Waals surface area contributed by atoms with Crippen LogP contribution in [0.25, 0.3) is 0 Å². The van der Waals surface area contributed by atoms with E-state index in [0.29, 0.717) is 0 Å². The van der Waals surface area contributed by atoms with E-state index in [1.165, 1.54) is 6.07 Å². The lowest BCUT2D eigenvalue weighted by molar-refractivity contribution is -0.138. The molecule has 2 aromatic carbocycles. The highest BCUT2D eigenvalue weighted by Gasteiger charge is 2.32. The van der Waals surface area contributed by atoms with E-state index < -0.39 is 11.7 Å². The van der Waals surface area contributed by atoms with E-state index in [0.717, 1.165) is 17.3 Å². The Balaban J connectivity index is 2.07. The van der Waals surface area contributed by atoms with E-state index in [-0.39, 0.29) is 12.1 Å². The van der Waals surface area contributed by atoms with Crippen molar-refractivity contribution in [2.45, 2.75) is 19.6 Å². The van der Waals surface area contributed by atoms with Gasteiger partial charge >= 0.3 is 6.18 Å². The van der Waals surface area contributed by atoms with E-state index >= 15 is 0 Å². The van der Waals surface area contributed by atoms with Crippen molar-refractivity contribution in [3.8, 4) is 0 Å². The Labute approximate surface area is 115 Å². The minimum Gasteiger partial charge on any atom is -0.321 e. The second-order valence-electron chi connectivity index (χ2n) is 4.50. The molecule has 5 heteroatoms. The Hall–Kier alpha value is -2.01. The lowest BCUT2D eigenvalue weighted by atomic mass is 10.0. The minimum absolute atomic E-state index is 0.0887. The van der Waals surface area contributed by atoms with Crippen LogP contribution in [0, 0.1) is 6.92 Å². The van der Waals surface area contributed by atoms with Gasteiger partial charge in [-0.2, -0.15) is 13.2 Å². The van der Waals surface area contributed by atoms with Gasteiger partial charge in [-0.15, -0.1) is 0 Å². The first-order valence-electron chi connectivity index (χ1n) is 6.17. The molecule has 106 valence electrons.